The summed E-state index contributed by atoms with van der Waals surface area (Å²) in [7, 11) is 0. The number of hydrogen-bond donors (Lipinski definition) is 4. The van der Waals surface area contributed by atoms with Gasteiger partial charge in [0.15, 0.2) is 0 Å². The number of halogens is 1. The quantitative estimate of drug-likeness (QED) is 0.589. The van der Waals surface area contributed by atoms with Gasteiger partial charge in [0.05, 0.1) is 6.10 Å². The normalized spacial score (nSPS) is 27.0. The lowest BCUT2D eigenvalue weighted by molar-refractivity contribution is -0.118. The second-order valence-corrected chi connectivity index (χ2v) is 7.82. The number of rotatable bonds is 2. The molecule has 0 saturated carbocycles. The Hall–Kier alpha value is -2.03. The second-order valence-electron chi connectivity index (χ2n) is 7.82. The fourth-order valence-electron chi connectivity index (χ4n) is 3.71. The van der Waals surface area contributed by atoms with Crippen LogP contribution >= 0.6 is 0 Å². The third-order valence-electron chi connectivity index (χ3n) is 5.49. The Balaban J connectivity index is 1.78. The molecule has 0 radical (unpaired) electrons. The molecule has 1 aliphatic rings. The van der Waals surface area contributed by atoms with Crippen LogP contribution in [0.15, 0.2) is 48.5 Å². The molecule has 2 aromatic rings. The molecule has 30 heavy (non-hydrogen) atoms. The Bertz CT molecular complexity index is 805. The Morgan fingerprint density at radius 1 is 0.900 bits per heavy atom. The highest BCUT2D eigenvalue weighted by atomic mass is 19.1. The van der Waals surface area contributed by atoms with E-state index in [2.05, 4.69) is 0 Å². The van der Waals surface area contributed by atoms with E-state index in [1.54, 1.807) is 24.3 Å². The molecule has 0 unspecified atom stereocenters. The van der Waals surface area contributed by atoms with E-state index in [4.69, 9.17) is 4.74 Å². The predicted molar refractivity (Wildman–Crippen MR) is 111 cm³/mol. The number of β-amino-alcohol motifs (C(OH)–C–C–N with tert-alkyl or cyclic N) is 1. The minimum atomic E-state index is -1.58. The van der Waals surface area contributed by atoms with Gasteiger partial charge in [-0.1, -0.05) is 36.4 Å². The molecule has 4 N–H and O–H groups in total. The summed E-state index contributed by atoms with van der Waals surface area (Å²) in [6.07, 6.45) is -3.39. The van der Waals surface area contributed by atoms with Gasteiger partial charge in [-0.25, -0.2) is 4.39 Å². The zero-order chi connectivity index (χ0) is 21.5. The van der Waals surface area contributed by atoms with Crippen LogP contribution in [0.1, 0.15) is 24.0 Å². The molecule has 0 amide bonds. The van der Waals surface area contributed by atoms with Gasteiger partial charge in [-0.2, -0.15) is 0 Å². The number of aliphatic hydroxyl groups excluding tert-OH is 4. The van der Waals surface area contributed by atoms with Crippen molar-refractivity contribution in [1.29, 1.82) is 0 Å². The van der Waals surface area contributed by atoms with Gasteiger partial charge in [-0.15, -0.1) is 0 Å². The molecule has 164 valence electrons. The highest BCUT2D eigenvalue weighted by Gasteiger charge is 2.32. The van der Waals surface area contributed by atoms with Crippen molar-refractivity contribution < 1.29 is 29.6 Å². The summed E-state index contributed by atoms with van der Waals surface area (Å²) >= 11 is 0. The third kappa shape index (κ3) is 6.00. The smallest absolute Gasteiger partial charge is 0.127 e. The molecule has 0 aliphatic carbocycles. The molecular formula is C23H30FNO5. The summed E-state index contributed by atoms with van der Waals surface area (Å²) in [4.78, 5) is 1.86. The van der Waals surface area contributed by atoms with Gasteiger partial charge in [0, 0.05) is 18.7 Å². The van der Waals surface area contributed by atoms with Crippen molar-refractivity contribution >= 4 is 0 Å². The van der Waals surface area contributed by atoms with Gasteiger partial charge in [-0.3, -0.25) is 4.90 Å². The fraction of sp³-hybridized carbons (Fsp3) is 0.478. The Labute approximate surface area is 176 Å². The van der Waals surface area contributed by atoms with Gasteiger partial charge in [-0.05, 0) is 43.5 Å². The number of fused-ring (bicyclic) bond motifs is 1. The second kappa shape index (κ2) is 10.8. The summed E-state index contributed by atoms with van der Waals surface area (Å²) in [6.45, 7) is 0.687. The number of hydrogen-bond acceptors (Lipinski definition) is 6. The molecule has 4 atom stereocenters. The summed E-state index contributed by atoms with van der Waals surface area (Å²) in [6, 6.07) is 14.0. The van der Waals surface area contributed by atoms with Gasteiger partial charge in [0.1, 0.15) is 36.5 Å². The van der Waals surface area contributed by atoms with Crippen molar-refractivity contribution in [2.45, 2.75) is 50.2 Å². The number of benzene rings is 2. The van der Waals surface area contributed by atoms with Crippen molar-refractivity contribution in [2.75, 3.05) is 19.7 Å². The molecular weight excluding hydrogens is 389 g/mol. The van der Waals surface area contributed by atoms with Crippen molar-refractivity contribution in [1.82, 2.24) is 4.90 Å². The lowest BCUT2D eigenvalue weighted by atomic mass is 10.0. The van der Waals surface area contributed by atoms with Gasteiger partial charge < -0.3 is 25.2 Å². The number of para-hydroxylation sites is 1. The maximum absolute atomic E-state index is 14.1. The van der Waals surface area contributed by atoms with E-state index in [0.717, 1.165) is 24.8 Å². The first-order valence-electron chi connectivity index (χ1n) is 10.3. The highest BCUT2D eigenvalue weighted by Crippen LogP contribution is 2.22. The molecule has 0 saturated heterocycles. The molecule has 1 aliphatic heterocycles. The summed E-state index contributed by atoms with van der Waals surface area (Å²) in [5.41, 5.74) is 1.50. The van der Waals surface area contributed by atoms with E-state index in [1.807, 2.05) is 23.1 Å². The standard InChI is InChI=1S/C23H30FNO5/c24-18-10-3-1-9-17(18)13-25-12-6-5-8-16-7-2-4-11-21(16)30-15-20(27)23(29)22(28)19(26)14-25/h1-4,7,9-11,19-20,22-23,26-29H,5-6,8,12-15H2/t19-,20+,22+,23+/m0/s1. The zero-order valence-corrected chi connectivity index (χ0v) is 16.9. The molecule has 3 rings (SSSR count). The van der Waals surface area contributed by atoms with E-state index in [0.29, 0.717) is 17.9 Å². The lowest BCUT2D eigenvalue weighted by Gasteiger charge is -2.31. The average Bonchev–Trinajstić information content (AvgIpc) is 2.75. The van der Waals surface area contributed by atoms with Gasteiger partial charge >= 0.3 is 0 Å². The van der Waals surface area contributed by atoms with Crippen molar-refractivity contribution in [3.05, 3.63) is 65.5 Å². The zero-order valence-electron chi connectivity index (χ0n) is 16.9. The van der Waals surface area contributed by atoms with Crippen molar-refractivity contribution in [2.24, 2.45) is 0 Å². The van der Waals surface area contributed by atoms with Crippen LogP contribution < -0.4 is 4.74 Å². The summed E-state index contributed by atoms with van der Waals surface area (Å²) in [5, 5.41) is 41.3. The minimum absolute atomic E-state index is 0.0384. The monoisotopic (exact) mass is 419 g/mol. The van der Waals surface area contributed by atoms with Crippen LogP contribution in [0, 0.1) is 5.82 Å². The first-order chi connectivity index (χ1) is 14.5. The SMILES string of the molecule is O[C@H]1[C@H](O)[C@@H](O)CN(Cc2ccccc2F)CCCCc2ccccc2OC[C@H]1O. The molecule has 0 bridgehead atoms. The highest BCUT2D eigenvalue weighted by molar-refractivity contribution is 5.33. The van der Waals surface area contributed by atoms with Crippen LogP contribution in [0.2, 0.25) is 0 Å². The van der Waals surface area contributed by atoms with Crippen LogP contribution in [-0.4, -0.2) is 69.4 Å². The predicted octanol–water partition coefficient (Wildman–Crippen LogP) is 1.49. The average molecular weight is 419 g/mol. The molecule has 7 heteroatoms. The molecule has 2 aromatic carbocycles. The van der Waals surface area contributed by atoms with E-state index < -0.39 is 24.4 Å². The molecule has 0 spiro atoms. The van der Waals surface area contributed by atoms with Crippen LogP contribution in [0.25, 0.3) is 0 Å². The Morgan fingerprint density at radius 2 is 1.60 bits per heavy atom. The first kappa shape index (κ1) is 22.7. The van der Waals surface area contributed by atoms with Crippen LogP contribution in [0.5, 0.6) is 5.75 Å². The molecule has 0 fully saturated rings. The van der Waals surface area contributed by atoms with E-state index in [1.165, 1.54) is 6.07 Å². The van der Waals surface area contributed by atoms with Gasteiger partial charge in [0.25, 0.3) is 0 Å². The topological polar surface area (TPSA) is 93.4 Å². The van der Waals surface area contributed by atoms with E-state index in [9.17, 15) is 24.8 Å². The van der Waals surface area contributed by atoms with Crippen LogP contribution in [0.4, 0.5) is 4.39 Å². The van der Waals surface area contributed by atoms with Crippen LogP contribution in [0.3, 0.4) is 0 Å². The van der Waals surface area contributed by atoms with Crippen LogP contribution in [-0.2, 0) is 13.0 Å². The number of aliphatic hydroxyl groups is 4. The Morgan fingerprint density at radius 3 is 2.40 bits per heavy atom. The van der Waals surface area contributed by atoms with E-state index >= 15 is 0 Å². The summed E-state index contributed by atoms with van der Waals surface area (Å²) in [5.74, 6) is 0.299. The minimum Gasteiger partial charge on any atom is -0.491 e. The molecule has 6 nitrogen and oxygen atoms in total. The molecule has 0 aromatic heterocycles. The van der Waals surface area contributed by atoms with E-state index in [-0.39, 0.29) is 25.5 Å². The maximum atomic E-state index is 14.1. The first-order valence-corrected chi connectivity index (χ1v) is 10.3. The third-order valence-corrected chi connectivity index (χ3v) is 5.49. The lowest BCUT2D eigenvalue weighted by Crippen LogP contribution is -2.50. The Kier molecular flexibility index (Phi) is 8.18. The molecule has 1 heterocycles. The fourth-order valence-corrected chi connectivity index (χ4v) is 3.71. The number of aryl methyl sites for hydroxylation is 1. The van der Waals surface area contributed by atoms with Crippen molar-refractivity contribution in [3.8, 4) is 5.75 Å². The van der Waals surface area contributed by atoms with Gasteiger partial charge in [0.2, 0.25) is 0 Å². The van der Waals surface area contributed by atoms with Crippen molar-refractivity contribution in [3.63, 3.8) is 0 Å². The summed E-state index contributed by atoms with van der Waals surface area (Å²) < 4.78 is 19.8. The number of nitrogens with zero attached hydrogens (tertiary/aromatic N) is 1. The largest absolute Gasteiger partial charge is 0.491 e. The maximum Gasteiger partial charge on any atom is 0.127 e. The number of ether oxygens (including phenoxy) is 1.